The molecule has 0 unspecified atom stereocenters. The molecule has 0 amide bonds. The number of hydrogen-bond donors (Lipinski definition) is 1. The lowest BCUT2D eigenvalue weighted by Gasteiger charge is -2.21. The van der Waals surface area contributed by atoms with Gasteiger partial charge in [0.15, 0.2) is 0 Å². The molecule has 0 bridgehead atoms. The van der Waals surface area contributed by atoms with Crippen molar-refractivity contribution in [3.8, 4) is 5.75 Å². The average Bonchev–Trinajstić information content (AvgIpc) is 2.44. The van der Waals surface area contributed by atoms with E-state index in [0.717, 1.165) is 40.7 Å². The standard InChI is InChI=1S/C15H18N2O2/c1-9-6-10(19-3)7-12-11-4-5-16-8-13(11)15(18)17(2)14(9)12/h6-7,16H,4-5,8H2,1-3H3. The second-order valence-electron chi connectivity index (χ2n) is 5.09. The largest absolute Gasteiger partial charge is 0.497 e. The van der Waals surface area contributed by atoms with E-state index < -0.39 is 0 Å². The lowest BCUT2D eigenvalue weighted by molar-refractivity contribution is 0.415. The fourth-order valence-corrected chi connectivity index (χ4v) is 3.03. The van der Waals surface area contributed by atoms with Crippen molar-refractivity contribution in [2.75, 3.05) is 13.7 Å². The minimum atomic E-state index is 0.114. The van der Waals surface area contributed by atoms with Gasteiger partial charge in [-0.1, -0.05) is 0 Å². The van der Waals surface area contributed by atoms with Crippen LogP contribution in [-0.2, 0) is 20.0 Å². The molecular formula is C15H18N2O2. The molecule has 1 aromatic heterocycles. The Labute approximate surface area is 112 Å². The number of nitrogens with zero attached hydrogens (tertiary/aromatic N) is 1. The number of benzene rings is 1. The summed E-state index contributed by atoms with van der Waals surface area (Å²) in [6, 6.07) is 4.03. The maximum Gasteiger partial charge on any atom is 0.255 e. The zero-order valence-corrected chi connectivity index (χ0v) is 11.5. The van der Waals surface area contributed by atoms with Crippen molar-refractivity contribution >= 4 is 10.9 Å². The molecule has 0 fully saturated rings. The smallest absolute Gasteiger partial charge is 0.255 e. The van der Waals surface area contributed by atoms with E-state index in [1.165, 1.54) is 5.56 Å². The zero-order valence-electron chi connectivity index (χ0n) is 11.5. The van der Waals surface area contributed by atoms with Crippen LogP contribution in [0.2, 0.25) is 0 Å². The van der Waals surface area contributed by atoms with E-state index in [0.29, 0.717) is 6.54 Å². The first kappa shape index (κ1) is 12.2. The van der Waals surface area contributed by atoms with Crippen LogP contribution in [0.1, 0.15) is 16.7 Å². The van der Waals surface area contributed by atoms with Crippen LogP contribution in [0.5, 0.6) is 5.75 Å². The van der Waals surface area contributed by atoms with E-state index in [2.05, 4.69) is 5.32 Å². The number of aryl methyl sites for hydroxylation is 2. The van der Waals surface area contributed by atoms with Crippen LogP contribution in [0.25, 0.3) is 10.9 Å². The summed E-state index contributed by atoms with van der Waals surface area (Å²) in [5.41, 5.74) is 4.29. The molecule has 0 atom stereocenters. The second-order valence-corrected chi connectivity index (χ2v) is 5.09. The lowest BCUT2D eigenvalue weighted by Crippen LogP contribution is -2.33. The molecule has 1 aliphatic rings. The van der Waals surface area contributed by atoms with Crippen molar-refractivity contribution in [1.82, 2.24) is 9.88 Å². The molecule has 4 heteroatoms. The Balaban J connectivity index is 2.49. The summed E-state index contributed by atoms with van der Waals surface area (Å²) >= 11 is 0. The maximum atomic E-state index is 12.4. The summed E-state index contributed by atoms with van der Waals surface area (Å²) in [4.78, 5) is 12.4. The Morgan fingerprint density at radius 1 is 1.32 bits per heavy atom. The number of ether oxygens (including phenoxy) is 1. The molecule has 0 saturated carbocycles. The molecular weight excluding hydrogens is 240 g/mol. The molecule has 4 nitrogen and oxygen atoms in total. The second kappa shape index (κ2) is 4.38. The highest BCUT2D eigenvalue weighted by molar-refractivity contribution is 5.88. The normalized spacial score (nSPS) is 14.5. The average molecular weight is 258 g/mol. The van der Waals surface area contributed by atoms with Gasteiger partial charge in [0.1, 0.15) is 5.75 Å². The van der Waals surface area contributed by atoms with Gasteiger partial charge in [0.05, 0.1) is 12.6 Å². The topological polar surface area (TPSA) is 43.3 Å². The van der Waals surface area contributed by atoms with Gasteiger partial charge in [0.25, 0.3) is 5.56 Å². The van der Waals surface area contributed by atoms with Crippen molar-refractivity contribution in [3.63, 3.8) is 0 Å². The summed E-state index contributed by atoms with van der Waals surface area (Å²) in [7, 11) is 3.52. The minimum Gasteiger partial charge on any atom is -0.497 e. The Morgan fingerprint density at radius 2 is 2.11 bits per heavy atom. The van der Waals surface area contributed by atoms with E-state index >= 15 is 0 Å². The van der Waals surface area contributed by atoms with Crippen molar-refractivity contribution in [2.45, 2.75) is 19.9 Å². The van der Waals surface area contributed by atoms with Crippen LogP contribution in [-0.4, -0.2) is 18.2 Å². The fraction of sp³-hybridized carbons (Fsp3) is 0.400. The van der Waals surface area contributed by atoms with Gasteiger partial charge in [-0.05, 0) is 43.1 Å². The van der Waals surface area contributed by atoms with Crippen LogP contribution < -0.4 is 15.6 Å². The highest BCUT2D eigenvalue weighted by atomic mass is 16.5. The molecule has 2 aromatic rings. The Bertz CT molecular complexity index is 716. The van der Waals surface area contributed by atoms with Crippen molar-refractivity contribution in [3.05, 3.63) is 39.2 Å². The number of aromatic nitrogens is 1. The number of pyridine rings is 1. The number of fused-ring (bicyclic) bond motifs is 3. The van der Waals surface area contributed by atoms with Gasteiger partial charge in [0.2, 0.25) is 0 Å². The van der Waals surface area contributed by atoms with E-state index in [4.69, 9.17) is 4.74 Å². The first-order valence-corrected chi connectivity index (χ1v) is 6.53. The quantitative estimate of drug-likeness (QED) is 0.843. The Morgan fingerprint density at radius 3 is 2.84 bits per heavy atom. The van der Waals surface area contributed by atoms with Gasteiger partial charge < -0.3 is 14.6 Å². The molecule has 0 aliphatic carbocycles. The van der Waals surface area contributed by atoms with Gasteiger partial charge >= 0.3 is 0 Å². The zero-order chi connectivity index (χ0) is 13.6. The molecule has 2 heterocycles. The van der Waals surface area contributed by atoms with Crippen molar-refractivity contribution < 1.29 is 4.74 Å². The first-order chi connectivity index (χ1) is 9.13. The van der Waals surface area contributed by atoms with E-state index in [1.54, 1.807) is 11.7 Å². The maximum absolute atomic E-state index is 12.4. The monoisotopic (exact) mass is 258 g/mol. The predicted octanol–water partition coefficient (Wildman–Crippen LogP) is 1.50. The molecule has 0 radical (unpaired) electrons. The molecule has 3 rings (SSSR count). The number of nitrogens with one attached hydrogen (secondary N) is 1. The number of rotatable bonds is 1. The van der Waals surface area contributed by atoms with Crippen molar-refractivity contribution in [2.24, 2.45) is 7.05 Å². The summed E-state index contributed by atoms with van der Waals surface area (Å²) in [5.74, 6) is 0.851. The lowest BCUT2D eigenvalue weighted by atomic mass is 9.95. The first-order valence-electron chi connectivity index (χ1n) is 6.53. The van der Waals surface area contributed by atoms with Crippen LogP contribution in [0.3, 0.4) is 0 Å². The van der Waals surface area contributed by atoms with Crippen molar-refractivity contribution in [1.29, 1.82) is 0 Å². The third kappa shape index (κ3) is 1.75. The fourth-order valence-electron chi connectivity index (χ4n) is 3.03. The number of hydrogen-bond acceptors (Lipinski definition) is 3. The molecule has 19 heavy (non-hydrogen) atoms. The molecule has 1 aromatic carbocycles. The summed E-state index contributed by atoms with van der Waals surface area (Å²) in [5, 5.41) is 4.42. The van der Waals surface area contributed by atoms with Crippen LogP contribution in [0.15, 0.2) is 16.9 Å². The van der Waals surface area contributed by atoms with Gasteiger partial charge in [0, 0.05) is 24.5 Å². The van der Waals surface area contributed by atoms with Gasteiger partial charge in [-0.3, -0.25) is 4.79 Å². The van der Waals surface area contributed by atoms with Crippen LogP contribution in [0, 0.1) is 6.92 Å². The van der Waals surface area contributed by atoms with Gasteiger partial charge in [-0.15, -0.1) is 0 Å². The third-order valence-electron chi connectivity index (χ3n) is 3.95. The predicted molar refractivity (Wildman–Crippen MR) is 75.9 cm³/mol. The Kier molecular flexibility index (Phi) is 2.82. The molecule has 0 spiro atoms. The molecule has 0 saturated heterocycles. The Hall–Kier alpha value is -1.81. The van der Waals surface area contributed by atoms with Gasteiger partial charge in [-0.25, -0.2) is 0 Å². The summed E-state index contributed by atoms with van der Waals surface area (Å²) in [6.07, 6.45) is 0.897. The van der Waals surface area contributed by atoms with E-state index in [9.17, 15) is 4.79 Å². The molecule has 1 aliphatic heterocycles. The van der Waals surface area contributed by atoms with E-state index in [-0.39, 0.29) is 5.56 Å². The minimum absolute atomic E-state index is 0.114. The molecule has 1 N–H and O–H groups in total. The van der Waals surface area contributed by atoms with Crippen LogP contribution >= 0.6 is 0 Å². The van der Waals surface area contributed by atoms with E-state index in [1.807, 2.05) is 26.1 Å². The van der Waals surface area contributed by atoms with Gasteiger partial charge in [-0.2, -0.15) is 0 Å². The third-order valence-corrected chi connectivity index (χ3v) is 3.95. The SMILES string of the molecule is COc1cc(C)c2c(c1)c1c(c(=O)n2C)CNCC1. The highest BCUT2D eigenvalue weighted by Gasteiger charge is 2.19. The summed E-state index contributed by atoms with van der Waals surface area (Å²) in [6.45, 7) is 3.61. The summed E-state index contributed by atoms with van der Waals surface area (Å²) < 4.78 is 7.12. The molecule has 100 valence electrons. The number of methoxy groups -OCH3 is 1. The van der Waals surface area contributed by atoms with Crippen LogP contribution in [0.4, 0.5) is 0 Å². The highest BCUT2D eigenvalue weighted by Crippen LogP contribution is 2.29.